The van der Waals surface area contributed by atoms with Crippen LogP contribution in [0.1, 0.15) is 58.9 Å². The highest BCUT2D eigenvalue weighted by Crippen LogP contribution is 2.43. The molecule has 0 radical (unpaired) electrons. The van der Waals surface area contributed by atoms with Gasteiger partial charge in [-0.15, -0.1) is 0 Å². The largest absolute Gasteiger partial charge is 0.477 e. The first-order valence-electron chi connectivity index (χ1n) is 11.9. The van der Waals surface area contributed by atoms with Crippen LogP contribution in [0.3, 0.4) is 0 Å². The average Bonchev–Trinajstić information content (AvgIpc) is 3.49. The third-order valence-corrected chi connectivity index (χ3v) is 7.10. The highest BCUT2D eigenvalue weighted by atomic mass is 16.4. The average molecular weight is 439 g/mol. The first kappa shape index (κ1) is 21.5. The van der Waals surface area contributed by atoms with Crippen LogP contribution >= 0.6 is 0 Å². The number of benzene rings is 3. The summed E-state index contributed by atoms with van der Waals surface area (Å²) in [5.74, 6) is -0.602. The number of aromatic carboxylic acids is 1. The van der Waals surface area contributed by atoms with Gasteiger partial charge in [0.05, 0.1) is 0 Å². The van der Waals surface area contributed by atoms with Gasteiger partial charge in [-0.05, 0) is 49.0 Å². The van der Waals surface area contributed by atoms with Gasteiger partial charge in [-0.3, -0.25) is 0 Å². The van der Waals surface area contributed by atoms with Crippen LogP contribution in [0.2, 0.25) is 0 Å². The Balaban J connectivity index is 1.84. The molecule has 0 spiro atoms. The number of nitrogens with zero attached hydrogens (tertiary/aromatic N) is 1. The van der Waals surface area contributed by atoms with Crippen molar-refractivity contribution in [2.75, 3.05) is 13.1 Å². The molecule has 0 saturated carbocycles. The zero-order chi connectivity index (χ0) is 22.8. The maximum Gasteiger partial charge on any atom is 0.352 e. The number of carboxylic acids is 1. The second-order valence-corrected chi connectivity index (χ2v) is 8.94. The molecule has 2 heterocycles. The van der Waals surface area contributed by atoms with Gasteiger partial charge in [0.15, 0.2) is 0 Å². The molecule has 2 unspecified atom stereocenters. The van der Waals surface area contributed by atoms with Crippen molar-refractivity contribution in [1.29, 1.82) is 0 Å². The molecule has 5 rings (SSSR count). The van der Waals surface area contributed by atoms with Crippen molar-refractivity contribution in [3.05, 3.63) is 107 Å². The third kappa shape index (κ3) is 3.85. The van der Waals surface area contributed by atoms with E-state index in [4.69, 9.17) is 0 Å². The predicted molar refractivity (Wildman–Crippen MR) is 133 cm³/mol. The van der Waals surface area contributed by atoms with Crippen LogP contribution in [0.4, 0.5) is 0 Å². The summed E-state index contributed by atoms with van der Waals surface area (Å²) < 4.78 is 2.14. The number of hydrogen-bond acceptors (Lipinski definition) is 2. The second kappa shape index (κ2) is 9.24. The number of fused-ring (bicyclic) bond motifs is 1. The molecular formula is C29H30N2O2. The number of carboxylic acid groups (broad SMARTS) is 1. The first-order chi connectivity index (χ1) is 16.2. The SMILES string of the molecule is CCC(C1CCNC1)n1c(C(=O)O)c(C(c2ccccc2)c2ccccc2)c2ccccc21. The molecule has 1 saturated heterocycles. The Kier molecular flexibility index (Phi) is 6.01. The van der Waals surface area contributed by atoms with Gasteiger partial charge in [0.2, 0.25) is 0 Å². The van der Waals surface area contributed by atoms with Gasteiger partial charge in [-0.2, -0.15) is 0 Å². The van der Waals surface area contributed by atoms with Gasteiger partial charge in [-0.1, -0.05) is 85.8 Å². The number of rotatable bonds is 7. The van der Waals surface area contributed by atoms with E-state index in [0.29, 0.717) is 11.6 Å². The van der Waals surface area contributed by atoms with Crippen molar-refractivity contribution in [2.24, 2.45) is 5.92 Å². The minimum atomic E-state index is -0.859. The van der Waals surface area contributed by atoms with Gasteiger partial charge >= 0.3 is 5.97 Å². The zero-order valence-electron chi connectivity index (χ0n) is 18.9. The van der Waals surface area contributed by atoms with E-state index in [1.807, 2.05) is 48.5 Å². The summed E-state index contributed by atoms with van der Waals surface area (Å²) >= 11 is 0. The molecule has 4 aromatic rings. The predicted octanol–water partition coefficient (Wildman–Crippen LogP) is 6.08. The lowest BCUT2D eigenvalue weighted by Gasteiger charge is -2.27. The Morgan fingerprint density at radius 1 is 0.970 bits per heavy atom. The standard InChI is InChI=1S/C29H30N2O2/c1-2-24(22-17-18-30-19-22)31-25-16-10-9-15-23(25)27(28(31)29(32)33)26(20-11-5-3-6-12-20)21-13-7-4-8-14-21/h3-16,22,24,26,30H,2,17-19H2,1H3,(H,32,33). The fourth-order valence-corrected chi connectivity index (χ4v) is 5.69. The maximum absolute atomic E-state index is 13.0. The van der Waals surface area contributed by atoms with E-state index in [1.54, 1.807) is 0 Å². The first-order valence-corrected chi connectivity index (χ1v) is 11.9. The number of para-hydroxylation sites is 1. The molecule has 0 aliphatic carbocycles. The van der Waals surface area contributed by atoms with Gasteiger partial charge in [-0.25, -0.2) is 4.79 Å². The smallest absolute Gasteiger partial charge is 0.352 e. The fourth-order valence-electron chi connectivity index (χ4n) is 5.69. The molecule has 168 valence electrons. The summed E-state index contributed by atoms with van der Waals surface area (Å²) in [5.41, 5.74) is 4.53. The molecule has 0 amide bonds. The van der Waals surface area contributed by atoms with Gasteiger partial charge in [0.1, 0.15) is 5.69 Å². The number of hydrogen-bond donors (Lipinski definition) is 2. The molecule has 4 heteroatoms. The Labute approximate surface area is 194 Å². The number of aromatic nitrogens is 1. The van der Waals surface area contributed by atoms with Crippen LogP contribution < -0.4 is 5.32 Å². The summed E-state index contributed by atoms with van der Waals surface area (Å²) in [4.78, 5) is 13.0. The molecule has 1 aliphatic heterocycles. The molecule has 0 bridgehead atoms. The lowest BCUT2D eigenvalue weighted by Crippen LogP contribution is -2.25. The minimum absolute atomic E-state index is 0.136. The Morgan fingerprint density at radius 3 is 2.12 bits per heavy atom. The lowest BCUT2D eigenvalue weighted by molar-refractivity contribution is 0.0679. The van der Waals surface area contributed by atoms with Gasteiger partial charge in [0, 0.05) is 28.4 Å². The lowest BCUT2D eigenvalue weighted by atomic mass is 9.83. The summed E-state index contributed by atoms with van der Waals surface area (Å²) in [6, 6.07) is 28.9. The van der Waals surface area contributed by atoms with Crippen LogP contribution in [-0.2, 0) is 0 Å². The quantitative estimate of drug-likeness (QED) is 0.368. The summed E-state index contributed by atoms with van der Waals surface area (Å²) in [6.07, 6.45) is 1.96. The van der Waals surface area contributed by atoms with E-state index < -0.39 is 5.97 Å². The van der Waals surface area contributed by atoms with Crippen LogP contribution in [0.15, 0.2) is 84.9 Å². The molecule has 1 fully saturated rings. The molecule has 3 aromatic carbocycles. The van der Waals surface area contributed by atoms with Crippen molar-refractivity contribution < 1.29 is 9.90 Å². The Morgan fingerprint density at radius 2 is 1.58 bits per heavy atom. The Hall–Kier alpha value is -3.37. The van der Waals surface area contributed by atoms with E-state index in [1.165, 1.54) is 0 Å². The monoisotopic (exact) mass is 438 g/mol. The molecule has 2 N–H and O–H groups in total. The highest BCUT2D eigenvalue weighted by Gasteiger charge is 2.34. The van der Waals surface area contributed by atoms with Crippen LogP contribution in [0.5, 0.6) is 0 Å². The van der Waals surface area contributed by atoms with Crippen molar-refractivity contribution >= 4 is 16.9 Å². The topological polar surface area (TPSA) is 54.3 Å². The Bertz CT molecular complexity index is 1200. The molecular weight excluding hydrogens is 408 g/mol. The molecule has 4 nitrogen and oxygen atoms in total. The normalized spacial score (nSPS) is 17.0. The van der Waals surface area contributed by atoms with Crippen LogP contribution in [-0.4, -0.2) is 28.7 Å². The maximum atomic E-state index is 13.0. The molecule has 33 heavy (non-hydrogen) atoms. The van der Waals surface area contributed by atoms with E-state index in [0.717, 1.165) is 53.5 Å². The molecule has 1 aliphatic rings. The van der Waals surface area contributed by atoms with Gasteiger partial charge < -0.3 is 15.0 Å². The van der Waals surface area contributed by atoms with Crippen molar-refractivity contribution in [3.8, 4) is 0 Å². The highest BCUT2D eigenvalue weighted by molar-refractivity contribution is 5.99. The number of carbonyl (C=O) groups is 1. The van der Waals surface area contributed by atoms with E-state index in [9.17, 15) is 9.90 Å². The van der Waals surface area contributed by atoms with Crippen LogP contribution in [0.25, 0.3) is 10.9 Å². The van der Waals surface area contributed by atoms with Crippen molar-refractivity contribution in [1.82, 2.24) is 9.88 Å². The second-order valence-electron chi connectivity index (χ2n) is 8.94. The molecule has 1 aromatic heterocycles. The van der Waals surface area contributed by atoms with E-state index in [2.05, 4.69) is 53.2 Å². The van der Waals surface area contributed by atoms with E-state index in [-0.39, 0.29) is 12.0 Å². The fraction of sp³-hybridized carbons (Fsp3) is 0.276. The van der Waals surface area contributed by atoms with Crippen molar-refractivity contribution in [3.63, 3.8) is 0 Å². The van der Waals surface area contributed by atoms with Crippen LogP contribution in [0, 0.1) is 5.92 Å². The van der Waals surface area contributed by atoms with E-state index >= 15 is 0 Å². The molecule has 2 atom stereocenters. The zero-order valence-corrected chi connectivity index (χ0v) is 18.9. The number of nitrogens with one attached hydrogen (secondary N) is 1. The summed E-state index contributed by atoms with van der Waals surface area (Å²) in [7, 11) is 0. The third-order valence-electron chi connectivity index (χ3n) is 7.10. The summed E-state index contributed by atoms with van der Waals surface area (Å²) in [6.45, 7) is 4.10. The van der Waals surface area contributed by atoms with Gasteiger partial charge in [0.25, 0.3) is 0 Å². The minimum Gasteiger partial charge on any atom is -0.477 e. The summed E-state index contributed by atoms with van der Waals surface area (Å²) in [5, 5.41) is 15.1. The van der Waals surface area contributed by atoms with Crippen molar-refractivity contribution in [2.45, 2.75) is 31.7 Å².